The lowest BCUT2D eigenvalue weighted by atomic mass is 9.46. The Morgan fingerprint density at radius 3 is 2.54 bits per heavy atom. The van der Waals surface area contributed by atoms with Crippen LogP contribution in [0.4, 0.5) is 0 Å². The molecule has 0 aromatic carbocycles. The van der Waals surface area contributed by atoms with E-state index in [1.807, 2.05) is 11.8 Å². The molecule has 4 fully saturated rings. The maximum absolute atomic E-state index is 12.3. The molecule has 4 aliphatic rings. The average Bonchev–Trinajstić information content (AvgIpc) is 2.96. The first kappa shape index (κ1) is 19.2. The van der Waals surface area contributed by atoms with Crippen molar-refractivity contribution in [3.8, 4) is 0 Å². The van der Waals surface area contributed by atoms with Gasteiger partial charge >= 0.3 is 0 Å². The molecule has 26 heavy (non-hydrogen) atoms. The Bertz CT molecular complexity index is 564. The molecule has 1 saturated heterocycles. The van der Waals surface area contributed by atoms with E-state index in [0.29, 0.717) is 22.8 Å². The predicted molar refractivity (Wildman–Crippen MR) is 111 cm³/mol. The fourth-order valence-electron chi connectivity index (χ4n) is 8.50. The van der Waals surface area contributed by atoms with E-state index in [9.17, 15) is 4.79 Å². The highest BCUT2D eigenvalue weighted by Crippen LogP contribution is 2.67. The Morgan fingerprint density at radius 1 is 1.08 bits per heavy atom. The summed E-state index contributed by atoms with van der Waals surface area (Å²) in [4.78, 5) is 14.4. The summed E-state index contributed by atoms with van der Waals surface area (Å²) in [5.41, 5.74) is 0.950. The van der Waals surface area contributed by atoms with Crippen LogP contribution in [-0.2, 0) is 4.79 Å². The smallest absolute Gasteiger partial charge is 0.222 e. The van der Waals surface area contributed by atoms with Gasteiger partial charge in [-0.1, -0.05) is 20.8 Å². The van der Waals surface area contributed by atoms with Gasteiger partial charge in [0.1, 0.15) is 0 Å². The van der Waals surface area contributed by atoms with Crippen LogP contribution in [0, 0.1) is 40.4 Å². The molecule has 3 aliphatic carbocycles. The Morgan fingerprint density at radius 2 is 1.81 bits per heavy atom. The van der Waals surface area contributed by atoms with Gasteiger partial charge in [-0.25, -0.2) is 0 Å². The summed E-state index contributed by atoms with van der Waals surface area (Å²) in [5.74, 6) is 6.22. The first-order chi connectivity index (χ1) is 12.3. The molecule has 0 spiro atoms. The summed E-state index contributed by atoms with van der Waals surface area (Å²) in [6.07, 6.45) is 12.6. The summed E-state index contributed by atoms with van der Waals surface area (Å²) in [6, 6.07) is 0.502. The van der Waals surface area contributed by atoms with Crippen LogP contribution in [-0.4, -0.2) is 35.9 Å². The molecule has 0 N–H and O–H groups in total. The van der Waals surface area contributed by atoms with E-state index in [1.54, 1.807) is 0 Å². The zero-order valence-corrected chi connectivity index (χ0v) is 18.4. The third-order valence-electron chi connectivity index (χ3n) is 9.75. The number of carbonyl (C=O) groups is 1. The van der Waals surface area contributed by atoms with Crippen LogP contribution < -0.4 is 0 Å². The number of carbonyl (C=O) groups excluding carboxylic acids is 1. The van der Waals surface area contributed by atoms with Crippen molar-refractivity contribution >= 4 is 17.7 Å². The first-order valence-corrected chi connectivity index (χ1v) is 12.5. The molecule has 4 rings (SSSR count). The van der Waals surface area contributed by atoms with Crippen LogP contribution in [0.3, 0.4) is 0 Å². The third kappa shape index (κ3) is 2.62. The highest BCUT2D eigenvalue weighted by molar-refractivity contribution is 7.98. The molecule has 0 aromatic rings. The minimum absolute atomic E-state index is 0.371. The molecule has 0 radical (unpaired) electrons. The van der Waals surface area contributed by atoms with Gasteiger partial charge in [0.2, 0.25) is 5.91 Å². The first-order valence-electron chi connectivity index (χ1n) is 11.1. The second-order valence-electron chi connectivity index (χ2n) is 10.6. The summed E-state index contributed by atoms with van der Waals surface area (Å²) in [6.45, 7) is 7.72. The number of piperidine rings is 1. The third-order valence-corrected chi connectivity index (χ3v) is 10.6. The van der Waals surface area contributed by atoms with Gasteiger partial charge in [-0.15, -0.1) is 0 Å². The lowest BCUT2D eigenvalue weighted by molar-refractivity contribution is -0.158. The van der Waals surface area contributed by atoms with Crippen molar-refractivity contribution in [2.24, 2.45) is 40.4 Å². The van der Waals surface area contributed by atoms with Crippen molar-refractivity contribution in [3.63, 3.8) is 0 Å². The van der Waals surface area contributed by atoms with Crippen LogP contribution in [0.1, 0.15) is 72.1 Å². The van der Waals surface area contributed by atoms with Gasteiger partial charge in [-0.3, -0.25) is 4.79 Å². The average molecular weight is 378 g/mol. The van der Waals surface area contributed by atoms with Gasteiger partial charge in [-0.2, -0.15) is 11.8 Å². The SMILES string of the molecule is CSCC(C)[C@H]1CC[C@H]2[C@@H]3CCC4N(C)C(=O)CC[C@]4(C)[C@H]3CC[C@]12C. The number of rotatable bonds is 3. The van der Waals surface area contributed by atoms with Crippen LogP contribution in [0.15, 0.2) is 0 Å². The molecule has 0 aromatic heterocycles. The minimum atomic E-state index is 0.371. The minimum Gasteiger partial charge on any atom is -0.342 e. The van der Waals surface area contributed by atoms with Crippen LogP contribution in [0.5, 0.6) is 0 Å². The van der Waals surface area contributed by atoms with Crippen LogP contribution in [0.25, 0.3) is 0 Å². The summed E-state index contributed by atoms with van der Waals surface area (Å²) >= 11 is 2.03. The van der Waals surface area contributed by atoms with Crippen molar-refractivity contribution in [1.82, 2.24) is 4.90 Å². The van der Waals surface area contributed by atoms with Gasteiger partial charge in [0.05, 0.1) is 0 Å². The zero-order valence-electron chi connectivity index (χ0n) is 17.6. The van der Waals surface area contributed by atoms with E-state index in [0.717, 1.165) is 42.4 Å². The van der Waals surface area contributed by atoms with E-state index in [1.165, 1.54) is 44.3 Å². The van der Waals surface area contributed by atoms with E-state index in [4.69, 9.17) is 0 Å². The van der Waals surface area contributed by atoms with Crippen molar-refractivity contribution < 1.29 is 4.79 Å². The second kappa shape index (κ2) is 6.71. The van der Waals surface area contributed by atoms with Gasteiger partial charge in [0, 0.05) is 19.5 Å². The summed E-state index contributed by atoms with van der Waals surface area (Å²) in [7, 11) is 2.08. The maximum Gasteiger partial charge on any atom is 0.222 e. The fourth-order valence-corrected chi connectivity index (χ4v) is 9.26. The largest absolute Gasteiger partial charge is 0.342 e. The van der Waals surface area contributed by atoms with Gasteiger partial charge in [0.15, 0.2) is 0 Å². The molecule has 1 aliphatic heterocycles. The standard InChI is InChI=1S/C23H39NOS/c1-15(14-26-5)17-7-8-18-16-6-9-20-23(3,13-11-21(25)24(20)4)19(16)10-12-22(17,18)2/h15-20H,6-14H2,1-5H3/t15?,16-,17+,18-,19-,20?,22+,23+/m0/s1. The van der Waals surface area contributed by atoms with Crippen molar-refractivity contribution in [1.29, 1.82) is 0 Å². The lowest BCUT2D eigenvalue weighted by Crippen LogP contribution is -2.61. The Labute approximate surface area is 165 Å². The molecule has 148 valence electrons. The number of fused-ring (bicyclic) bond motifs is 5. The topological polar surface area (TPSA) is 20.3 Å². The van der Waals surface area contributed by atoms with E-state index >= 15 is 0 Å². The molecule has 2 unspecified atom stereocenters. The molecule has 0 bridgehead atoms. The number of hydrogen-bond donors (Lipinski definition) is 0. The lowest BCUT2D eigenvalue weighted by Gasteiger charge is -2.62. The highest BCUT2D eigenvalue weighted by atomic mass is 32.2. The molecule has 2 nitrogen and oxygen atoms in total. The number of nitrogens with zero attached hydrogens (tertiary/aromatic N) is 1. The van der Waals surface area contributed by atoms with E-state index in [2.05, 4.69) is 39.0 Å². The van der Waals surface area contributed by atoms with Gasteiger partial charge in [0.25, 0.3) is 0 Å². The maximum atomic E-state index is 12.3. The van der Waals surface area contributed by atoms with Crippen molar-refractivity contribution in [3.05, 3.63) is 0 Å². The molecule has 3 heteroatoms. The predicted octanol–water partition coefficient (Wildman–Crippen LogP) is 5.47. The van der Waals surface area contributed by atoms with Gasteiger partial charge < -0.3 is 4.90 Å². The molecule has 1 heterocycles. The van der Waals surface area contributed by atoms with E-state index in [-0.39, 0.29) is 0 Å². The van der Waals surface area contributed by atoms with Crippen LogP contribution >= 0.6 is 11.8 Å². The molecule has 1 amide bonds. The van der Waals surface area contributed by atoms with Crippen LogP contribution in [0.2, 0.25) is 0 Å². The van der Waals surface area contributed by atoms with E-state index < -0.39 is 0 Å². The monoisotopic (exact) mass is 377 g/mol. The Hall–Kier alpha value is -0.180. The highest BCUT2D eigenvalue weighted by Gasteiger charge is 2.61. The molecule has 3 saturated carbocycles. The summed E-state index contributed by atoms with van der Waals surface area (Å²) < 4.78 is 0. The molecule has 8 atom stereocenters. The number of hydrogen-bond acceptors (Lipinski definition) is 2. The molecular weight excluding hydrogens is 338 g/mol. The number of amides is 1. The van der Waals surface area contributed by atoms with Crippen molar-refractivity contribution in [2.75, 3.05) is 19.1 Å². The normalized spacial score (nSPS) is 49.3. The van der Waals surface area contributed by atoms with Crippen molar-refractivity contribution in [2.45, 2.75) is 78.2 Å². The number of likely N-dealkylation sites (tertiary alicyclic amines) is 1. The second-order valence-corrected chi connectivity index (χ2v) is 11.6. The summed E-state index contributed by atoms with van der Waals surface area (Å²) in [5, 5.41) is 0. The fraction of sp³-hybridized carbons (Fsp3) is 0.957. The zero-order chi connectivity index (χ0) is 18.7. The Balaban J connectivity index is 1.58. The van der Waals surface area contributed by atoms with Gasteiger partial charge in [-0.05, 0) is 97.4 Å². The quantitative estimate of drug-likeness (QED) is 0.650. The molecular formula is C23H39NOS. The number of thioether (sulfide) groups is 1. The Kier molecular flexibility index (Phi) is 4.94.